The molecule has 7 nitrogen and oxygen atoms in total. The van der Waals surface area contributed by atoms with Crippen molar-refractivity contribution in [3.05, 3.63) is 60.4 Å². The fraction of sp³-hybridized carbons (Fsp3) is 0.294. The molecule has 2 aromatic heterocycles. The minimum absolute atomic E-state index is 0.112. The Morgan fingerprint density at radius 1 is 1.04 bits per heavy atom. The highest BCUT2D eigenvalue weighted by Gasteiger charge is 2.34. The first-order chi connectivity index (χ1) is 11.8. The molecule has 1 aromatic carbocycles. The number of benzene rings is 1. The molecular weight excluding hydrogens is 304 g/mol. The molecule has 1 aliphatic rings. The van der Waals surface area contributed by atoms with Crippen LogP contribution in [0.25, 0.3) is 5.69 Å². The van der Waals surface area contributed by atoms with Gasteiger partial charge in [0.2, 0.25) is 5.95 Å². The van der Waals surface area contributed by atoms with E-state index in [1.54, 1.807) is 10.9 Å². The molecule has 122 valence electrons. The molecule has 7 heteroatoms. The minimum Gasteiger partial charge on any atom is -0.391 e. The molecule has 1 saturated heterocycles. The third kappa shape index (κ3) is 2.85. The van der Waals surface area contributed by atoms with Crippen LogP contribution >= 0.6 is 0 Å². The van der Waals surface area contributed by atoms with E-state index in [2.05, 4.69) is 20.5 Å². The number of rotatable bonds is 4. The summed E-state index contributed by atoms with van der Waals surface area (Å²) in [5.41, 5.74) is 1.89. The van der Waals surface area contributed by atoms with Gasteiger partial charge in [0.1, 0.15) is 0 Å². The molecule has 3 aromatic rings. The predicted molar refractivity (Wildman–Crippen MR) is 88.8 cm³/mol. The van der Waals surface area contributed by atoms with Gasteiger partial charge < -0.3 is 10.0 Å². The fourth-order valence-corrected chi connectivity index (χ4v) is 3.12. The third-order valence-corrected chi connectivity index (χ3v) is 4.34. The third-order valence-electron chi connectivity index (χ3n) is 4.34. The van der Waals surface area contributed by atoms with Crippen molar-refractivity contribution in [1.29, 1.82) is 0 Å². The lowest BCUT2D eigenvalue weighted by atomic mass is 10.00. The number of hydrogen-bond donors (Lipinski definition) is 1. The van der Waals surface area contributed by atoms with Gasteiger partial charge in [-0.25, -0.2) is 0 Å². The summed E-state index contributed by atoms with van der Waals surface area (Å²) in [6, 6.07) is 15.6. The van der Waals surface area contributed by atoms with Crippen molar-refractivity contribution in [2.24, 2.45) is 5.92 Å². The first-order valence-electron chi connectivity index (χ1n) is 7.98. The Labute approximate surface area is 139 Å². The molecule has 0 spiro atoms. The van der Waals surface area contributed by atoms with E-state index in [0.29, 0.717) is 19.0 Å². The highest BCUT2D eigenvalue weighted by Crippen LogP contribution is 2.25. The van der Waals surface area contributed by atoms with Gasteiger partial charge >= 0.3 is 0 Å². The van der Waals surface area contributed by atoms with E-state index >= 15 is 0 Å². The summed E-state index contributed by atoms with van der Waals surface area (Å²) in [4.78, 5) is 6.39. The van der Waals surface area contributed by atoms with Crippen LogP contribution in [-0.4, -0.2) is 49.5 Å². The van der Waals surface area contributed by atoms with E-state index in [-0.39, 0.29) is 5.92 Å². The SMILES string of the molecule is O[C@@H]1CN(c2nnnn2-c2ccccc2)C[C@H]1Cc1ccccn1. The molecule has 0 amide bonds. The summed E-state index contributed by atoms with van der Waals surface area (Å²) in [5.74, 6) is 0.768. The average Bonchev–Trinajstić information content (AvgIpc) is 3.24. The van der Waals surface area contributed by atoms with E-state index in [1.165, 1.54) is 0 Å². The molecule has 0 bridgehead atoms. The van der Waals surface area contributed by atoms with Gasteiger partial charge in [-0.3, -0.25) is 4.98 Å². The van der Waals surface area contributed by atoms with Crippen LogP contribution in [0.4, 0.5) is 5.95 Å². The molecular formula is C17H18N6O. The van der Waals surface area contributed by atoms with E-state index in [1.807, 2.05) is 53.4 Å². The van der Waals surface area contributed by atoms with Crippen molar-refractivity contribution in [2.75, 3.05) is 18.0 Å². The molecule has 2 atom stereocenters. The van der Waals surface area contributed by atoms with Gasteiger partial charge in [0.25, 0.3) is 0 Å². The maximum Gasteiger partial charge on any atom is 0.250 e. The van der Waals surface area contributed by atoms with Crippen molar-refractivity contribution in [2.45, 2.75) is 12.5 Å². The number of nitrogens with zero attached hydrogens (tertiary/aromatic N) is 6. The van der Waals surface area contributed by atoms with Crippen molar-refractivity contribution in [1.82, 2.24) is 25.2 Å². The van der Waals surface area contributed by atoms with Crippen LogP contribution in [0.1, 0.15) is 5.69 Å². The predicted octanol–water partition coefficient (Wildman–Crippen LogP) is 1.10. The van der Waals surface area contributed by atoms with Crippen LogP contribution in [0.5, 0.6) is 0 Å². The number of pyridine rings is 1. The second-order valence-corrected chi connectivity index (χ2v) is 5.98. The second kappa shape index (κ2) is 6.37. The lowest BCUT2D eigenvalue weighted by Gasteiger charge is -2.16. The Kier molecular flexibility index (Phi) is 3.92. The highest BCUT2D eigenvalue weighted by atomic mass is 16.3. The summed E-state index contributed by atoms with van der Waals surface area (Å²) < 4.78 is 1.70. The molecule has 1 N–H and O–H groups in total. The van der Waals surface area contributed by atoms with Gasteiger partial charge in [-0.15, -0.1) is 0 Å². The smallest absolute Gasteiger partial charge is 0.250 e. The standard InChI is InChI=1S/C17H18N6O/c24-16-12-22(11-13(16)10-14-6-4-5-9-18-14)17-19-20-21-23(17)15-7-2-1-3-8-15/h1-9,13,16,24H,10-12H2/t13-,16-/m1/s1. The van der Waals surface area contributed by atoms with Gasteiger partial charge in [-0.2, -0.15) is 4.68 Å². The largest absolute Gasteiger partial charge is 0.391 e. The van der Waals surface area contributed by atoms with E-state index in [9.17, 15) is 5.11 Å². The number of anilines is 1. The second-order valence-electron chi connectivity index (χ2n) is 5.98. The van der Waals surface area contributed by atoms with Crippen molar-refractivity contribution < 1.29 is 5.11 Å². The summed E-state index contributed by atoms with van der Waals surface area (Å²) in [7, 11) is 0. The van der Waals surface area contributed by atoms with Crippen molar-refractivity contribution >= 4 is 5.95 Å². The number of hydrogen-bond acceptors (Lipinski definition) is 6. The molecule has 24 heavy (non-hydrogen) atoms. The van der Waals surface area contributed by atoms with E-state index < -0.39 is 6.10 Å². The molecule has 0 saturated carbocycles. The number of aliphatic hydroxyl groups is 1. The van der Waals surface area contributed by atoms with E-state index in [4.69, 9.17) is 0 Å². The number of para-hydroxylation sites is 1. The number of aromatic nitrogens is 5. The molecule has 0 radical (unpaired) electrons. The van der Waals surface area contributed by atoms with E-state index in [0.717, 1.165) is 17.8 Å². The summed E-state index contributed by atoms with van der Waals surface area (Å²) in [6.45, 7) is 1.22. The maximum absolute atomic E-state index is 10.4. The van der Waals surface area contributed by atoms with Crippen LogP contribution in [0.15, 0.2) is 54.7 Å². The lowest BCUT2D eigenvalue weighted by molar-refractivity contribution is 0.148. The molecule has 3 heterocycles. The van der Waals surface area contributed by atoms with Crippen molar-refractivity contribution in [3.63, 3.8) is 0 Å². The minimum atomic E-state index is -0.423. The Morgan fingerprint density at radius 2 is 1.88 bits per heavy atom. The highest BCUT2D eigenvalue weighted by molar-refractivity contribution is 5.41. The zero-order valence-corrected chi connectivity index (χ0v) is 13.1. The molecule has 0 unspecified atom stereocenters. The van der Waals surface area contributed by atoms with Crippen LogP contribution < -0.4 is 4.90 Å². The van der Waals surface area contributed by atoms with Crippen LogP contribution in [-0.2, 0) is 6.42 Å². The van der Waals surface area contributed by atoms with Gasteiger partial charge in [0.15, 0.2) is 0 Å². The van der Waals surface area contributed by atoms with Crippen LogP contribution in [0.2, 0.25) is 0 Å². The number of aliphatic hydroxyl groups excluding tert-OH is 1. The van der Waals surface area contributed by atoms with Gasteiger partial charge in [-0.05, 0) is 41.1 Å². The maximum atomic E-state index is 10.4. The molecule has 4 rings (SSSR count). The molecule has 1 aliphatic heterocycles. The quantitative estimate of drug-likeness (QED) is 0.775. The van der Waals surface area contributed by atoms with Gasteiger partial charge in [-0.1, -0.05) is 29.4 Å². The zero-order valence-electron chi connectivity index (χ0n) is 13.1. The Morgan fingerprint density at radius 3 is 2.67 bits per heavy atom. The van der Waals surface area contributed by atoms with Crippen molar-refractivity contribution in [3.8, 4) is 5.69 Å². The molecule has 1 fully saturated rings. The Bertz CT molecular complexity index is 791. The van der Waals surface area contributed by atoms with Crippen LogP contribution in [0.3, 0.4) is 0 Å². The fourth-order valence-electron chi connectivity index (χ4n) is 3.12. The van der Waals surface area contributed by atoms with Gasteiger partial charge in [0, 0.05) is 30.9 Å². The van der Waals surface area contributed by atoms with Gasteiger partial charge in [0.05, 0.1) is 11.8 Å². The van der Waals surface area contributed by atoms with Crippen LogP contribution in [0, 0.1) is 5.92 Å². The number of β-amino-alcohol motifs (C(OH)–C–C–N with tert-alkyl or cyclic N) is 1. The first kappa shape index (κ1) is 14.8. The monoisotopic (exact) mass is 322 g/mol. The topological polar surface area (TPSA) is 80.0 Å². The normalized spacial score (nSPS) is 20.5. The first-order valence-corrected chi connectivity index (χ1v) is 7.98. The average molecular weight is 322 g/mol. The zero-order chi connectivity index (χ0) is 16.4. The summed E-state index contributed by atoms with van der Waals surface area (Å²) >= 11 is 0. The summed E-state index contributed by atoms with van der Waals surface area (Å²) in [5, 5.41) is 22.5. The Hall–Kier alpha value is -2.80. The number of tetrazole rings is 1. The summed E-state index contributed by atoms with van der Waals surface area (Å²) in [6.07, 6.45) is 2.10. The molecule has 0 aliphatic carbocycles. The lowest BCUT2D eigenvalue weighted by Crippen LogP contribution is -2.24. The Balaban J connectivity index is 1.54.